The summed E-state index contributed by atoms with van der Waals surface area (Å²) in [4.78, 5) is 4.90. The molecule has 0 amide bonds. The molecule has 0 radical (unpaired) electrons. The lowest BCUT2D eigenvalue weighted by atomic mass is 10.1. The first-order valence-corrected chi connectivity index (χ1v) is 8.48. The maximum atomic E-state index is 10.4. The first-order valence-electron chi connectivity index (χ1n) is 8.48. The Morgan fingerprint density at radius 3 is 1.91 bits per heavy atom. The Kier molecular flexibility index (Phi) is 5.44. The molecule has 1 aliphatic rings. The summed E-state index contributed by atoms with van der Waals surface area (Å²) in [6.45, 7) is 7.14. The van der Waals surface area contributed by atoms with Crippen molar-refractivity contribution in [1.82, 2.24) is 9.80 Å². The normalized spacial score (nSPS) is 19.4. The largest absolute Gasteiger partial charge is 0.387 e. The van der Waals surface area contributed by atoms with E-state index >= 15 is 0 Å². The number of hydrogen-bond donors (Lipinski definition) is 1. The molecule has 23 heavy (non-hydrogen) atoms. The van der Waals surface area contributed by atoms with Crippen molar-refractivity contribution in [3.63, 3.8) is 0 Å². The van der Waals surface area contributed by atoms with Crippen molar-refractivity contribution >= 4 is 0 Å². The molecule has 3 rings (SSSR count). The zero-order valence-electron chi connectivity index (χ0n) is 13.8. The van der Waals surface area contributed by atoms with E-state index in [2.05, 4.69) is 47.1 Å². The second kappa shape index (κ2) is 7.73. The average molecular weight is 310 g/mol. The molecular weight excluding hydrogens is 284 g/mol. The molecule has 0 saturated carbocycles. The van der Waals surface area contributed by atoms with Crippen LogP contribution in [-0.2, 0) is 0 Å². The first-order chi connectivity index (χ1) is 11.2. The van der Waals surface area contributed by atoms with Gasteiger partial charge in [0.2, 0.25) is 0 Å². The van der Waals surface area contributed by atoms with Crippen LogP contribution >= 0.6 is 0 Å². The number of nitrogens with zero attached hydrogens (tertiary/aromatic N) is 2. The molecule has 1 saturated heterocycles. The van der Waals surface area contributed by atoms with E-state index < -0.39 is 6.10 Å². The third kappa shape index (κ3) is 4.20. The van der Waals surface area contributed by atoms with Crippen LogP contribution in [0.1, 0.15) is 30.2 Å². The van der Waals surface area contributed by atoms with E-state index in [9.17, 15) is 5.11 Å². The fourth-order valence-electron chi connectivity index (χ4n) is 3.30. The lowest BCUT2D eigenvalue weighted by Gasteiger charge is -2.38. The highest BCUT2D eigenvalue weighted by molar-refractivity contribution is 5.19. The van der Waals surface area contributed by atoms with Gasteiger partial charge in [-0.1, -0.05) is 60.7 Å². The molecule has 3 nitrogen and oxygen atoms in total. The summed E-state index contributed by atoms with van der Waals surface area (Å²) in [6.07, 6.45) is -0.394. The van der Waals surface area contributed by atoms with Gasteiger partial charge in [0, 0.05) is 38.8 Å². The molecular formula is C20H26N2O. The van der Waals surface area contributed by atoms with Gasteiger partial charge in [0.1, 0.15) is 0 Å². The van der Waals surface area contributed by atoms with Gasteiger partial charge in [0.15, 0.2) is 0 Å². The van der Waals surface area contributed by atoms with Crippen molar-refractivity contribution in [2.45, 2.75) is 19.1 Å². The Morgan fingerprint density at radius 1 is 0.826 bits per heavy atom. The molecule has 2 aromatic carbocycles. The van der Waals surface area contributed by atoms with E-state index in [4.69, 9.17) is 0 Å². The van der Waals surface area contributed by atoms with Gasteiger partial charge in [0.25, 0.3) is 0 Å². The quantitative estimate of drug-likeness (QED) is 0.919. The molecule has 0 spiro atoms. The summed E-state index contributed by atoms with van der Waals surface area (Å²) in [6, 6.07) is 21.1. The summed E-state index contributed by atoms with van der Waals surface area (Å²) in [5.74, 6) is 0. The van der Waals surface area contributed by atoms with Crippen LogP contribution in [0.2, 0.25) is 0 Å². The molecule has 1 N–H and O–H groups in total. The molecule has 1 fully saturated rings. The number of β-amino-alcohol motifs (C(OH)–C–C–N with tert-alkyl or cyclic N) is 1. The monoisotopic (exact) mass is 310 g/mol. The van der Waals surface area contributed by atoms with E-state index in [-0.39, 0.29) is 0 Å². The smallest absolute Gasteiger partial charge is 0.0916 e. The molecule has 122 valence electrons. The number of benzene rings is 2. The van der Waals surface area contributed by atoms with Crippen LogP contribution in [-0.4, -0.2) is 47.6 Å². The minimum absolute atomic E-state index is 0.394. The standard InChI is InChI=1S/C20H26N2O/c1-17(18-8-4-2-5-9-18)22-14-12-21(13-15-22)16-20(23)19-10-6-3-7-11-19/h2-11,17,20,23H,12-16H2,1H3. The maximum Gasteiger partial charge on any atom is 0.0916 e. The Hall–Kier alpha value is -1.68. The highest BCUT2D eigenvalue weighted by atomic mass is 16.3. The summed E-state index contributed by atoms with van der Waals surface area (Å²) in [5, 5.41) is 10.4. The lowest BCUT2D eigenvalue weighted by Crippen LogP contribution is -2.48. The Bertz CT molecular complexity index is 579. The number of piperazine rings is 1. The number of aliphatic hydroxyl groups is 1. The predicted octanol–water partition coefficient (Wildman–Crippen LogP) is 3.10. The molecule has 0 aromatic heterocycles. The van der Waals surface area contributed by atoms with Crippen LogP contribution in [0.4, 0.5) is 0 Å². The molecule has 1 aliphatic heterocycles. The second-order valence-electron chi connectivity index (χ2n) is 6.35. The molecule has 3 heteroatoms. The van der Waals surface area contributed by atoms with Crippen LogP contribution in [0.5, 0.6) is 0 Å². The van der Waals surface area contributed by atoms with E-state index in [1.165, 1.54) is 5.56 Å². The summed E-state index contributed by atoms with van der Waals surface area (Å²) in [5.41, 5.74) is 2.39. The topological polar surface area (TPSA) is 26.7 Å². The Labute approximate surface area is 139 Å². The molecule has 0 bridgehead atoms. The molecule has 1 heterocycles. The van der Waals surface area contributed by atoms with Crippen molar-refractivity contribution in [1.29, 1.82) is 0 Å². The van der Waals surface area contributed by atoms with E-state index in [0.29, 0.717) is 6.04 Å². The lowest BCUT2D eigenvalue weighted by molar-refractivity contribution is 0.0589. The van der Waals surface area contributed by atoms with Crippen LogP contribution in [0, 0.1) is 0 Å². The fourth-order valence-corrected chi connectivity index (χ4v) is 3.30. The van der Waals surface area contributed by atoms with Crippen LogP contribution in [0.25, 0.3) is 0 Å². The zero-order valence-corrected chi connectivity index (χ0v) is 13.8. The first kappa shape index (κ1) is 16.2. The van der Waals surface area contributed by atoms with E-state index in [1.807, 2.05) is 30.3 Å². The predicted molar refractivity (Wildman–Crippen MR) is 94.3 cm³/mol. The maximum absolute atomic E-state index is 10.4. The third-order valence-electron chi connectivity index (χ3n) is 4.85. The number of hydrogen-bond acceptors (Lipinski definition) is 3. The molecule has 2 unspecified atom stereocenters. The van der Waals surface area contributed by atoms with Crippen molar-refractivity contribution in [3.05, 3.63) is 71.8 Å². The SMILES string of the molecule is CC(c1ccccc1)N1CCN(CC(O)c2ccccc2)CC1. The number of aliphatic hydroxyl groups excluding tert-OH is 1. The van der Waals surface area contributed by atoms with E-state index in [1.54, 1.807) is 0 Å². The van der Waals surface area contributed by atoms with Gasteiger partial charge in [-0.25, -0.2) is 0 Å². The zero-order chi connectivity index (χ0) is 16.1. The minimum atomic E-state index is -0.394. The van der Waals surface area contributed by atoms with Gasteiger partial charge in [0.05, 0.1) is 6.10 Å². The van der Waals surface area contributed by atoms with Crippen molar-refractivity contribution in [2.24, 2.45) is 0 Å². The Morgan fingerprint density at radius 2 is 1.35 bits per heavy atom. The van der Waals surface area contributed by atoms with Crippen LogP contribution in [0.3, 0.4) is 0 Å². The van der Waals surface area contributed by atoms with Crippen molar-refractivity contribution in [3.8, 4) is 0 Å². The summed E-state index contributed by atoms with van der Waals surface area (Å²) in [7, 11) is 0. The van der Waals surface area contributed by atoms with Crippen molar-refractivity contribution < 1.29 is 5.11 Å². The average Bonchev–Trinajstić information content (AvgIpc) is 2.63. The van der Waals surface area contributed by atoms with Gasteiger partial charge < -0.3 is 5.11 Å². The molecule has 2 aromatic rings. The van der Waals surface area contributed by atoms with Crippen molar-refractivity contribution in [2.75, 3.05) is 32.7 Å². The van der Waals surface area contributed by atoms with Gasteiger partial charge in [-0.15, -0.1) is 0 Å². The van der Waals surface area contributed by atoms with Gasteiger partial charge in [-0.3, -0.25) is 9.80 Å². The van der Waals surface area contributed by atoms with Crippen LogP contribution < -0.4 is 0 Å². The van der Waals surface area contributed by atoms with Gasteiger partial charge in [-0.2, -0.15) is 0 Å². The van der Waals surface area contributed by atoms with Crippen LogP contribution in [0.15, 0.2) is 60.7 Å². The third-order valence-corrected chi connectivity index (χ3v) is 4.85. The fraction of sp³-hybridized carbons (Fsp3) is 0.400. The minimum Gasteiger partial charge on any atom is -0.387 e. The van der Waals surface area contributed by atoms with E-state index in [0.717, 1.165) is 38.3 Å². The second-order valence-corrected chi connectivity index (χ2v) is 6.35. The highest BCUT2D eigenvalue weighted by Crippen LogP contribution is 2.22. The number of rotatable bonds is 5. The Balaban J connectivity index is 1.51. The summed E-state index contributed by atoms with van der Waals surface area (Å²) < 4.78 is 0. The van der Waals surface area contributed by atoms with Gasteiger partial charge >= 0.3 is 0 Å². The molecule has 2 atom stereocenters. The van der Waals surface area contributed by atoms with Gasteiger partial charge in [-0.05, 0) is 18.1 Å². The highest BCUT2D eigenvalue weighted by Gasteiger charge is 2.23. The summed E-state index contributed by atoms with van der Waals surface area (Å²) >= 11 is 0. The molecule has 0 aliphatic carbocycles.